The third kappa shape index (κ3) is 5.91. The van der Waals surface area contributed by atoms with E-state index in [4.69, 9.17) is 0 Å². The van der Waals surface area contributed by atoms with Gasteiger partial charge in [0.2, 0.25) is 0 Å². The largest absolute Gasteiger partial charge is 0.378 e. The standard InChI is InChI=1S/C28H26IN7OS/c1-18-14-21(29)12-13-24(18)31-17-26-33-35-28(36(26)22-8-4-3-5-9-22)38-19(2)27(37)34-32-16-20-15-30-25-11-7-6-10-23(20)25/h3-16,19,30-31H,17H2,1-2H3,(H,34,37)/t19-/m1/s1. The second-order valence-electron chi connectivity index (χ2n) is 8.67. The number of aromatic amines is 1. The molecule has 5 aromatic rings. The van der Waals surface area contributed by atoms with Crippen LogP contribution in [0.4, 0.5) is 5.69 Å². The number of rotatable bonds is 9. The van der Waals surface area contributed by atoms with Crippen molar-refractivity contribution in [2.75, 3.05) is 5.32 Å². The molecule has 192 valence electrons. The molecule has 8 nitrogen and oxygen atoms in total. The van der Waals surface area contributed by atoms with Gasteiger partial charge in [-0.25, -0.2) is 5.43 Å². The normalized spacial score (nSPS) is 12.2. The lowest BCUT2D eigenvalue weighted by Crippen LogP contribution is -2.27. The van der Waals surface area contributed by atoms with Crippen molar-refractivity contribution in [2.45, 2.75) is 30.8 Å². The number of anilines is 1. The summed E-state index contributed by atoms with van der Waals surface area (Å²) in [5, 5.41) is 17.8. The molecule has 2 heterocycles. The number of hydrogen-bond acceptors (Lipinski definition) is 6. The smallest absolute Gasteiger partial charge is 0.253 e. The highest BCUT2D eigenvalue weighted by molar-refractivity contribution is 14.1. The summed E-state index contributed by atoms with van der Waals surface area (Å²) in [5.74, 6) is 0.532. The van der Waals surface area contributed by atoms with Crippen LogP contribution in [0.25, 0.3) is 16.6 Å². The Bertz CT molecular complexity index is 1600. The minimum atomic E-state index is -0.443. The number of fused-ring (bicyclic) bond motifs is 1. The van der Waals surface area contributed by atoms with Crippen LogP contribution in [0.15, 0.2) is 89.3 Å². The molecule has 0 aliphatic rings. The number of hydrazone groups is 1. The van der Waals surface area contributed by atoms with Gasteiger partial charge in [0.1, 0.15) is 0 Å². The number of nitrogens with zero attached hydrogens (tertiary/aromatic N) is 4. The summed E-state index contributed by atoms with van der Waals surface area (Å²) in [6.45, 7) is 4.40. The first-order valence-electron chi connectivity index (χ1n) is 12.0. The van der Waals surface area contributed by atoms with Crippen LogP contribution in [0.5, 0.6) is 0 Å². The maximum absolute atomic E-state index is 12.8. The number of halogens is 1. The van der Waals surface area contributed by atoms with Gasteiger partial charge in [-0.3, -0.25) is 9.36 Å². The average Bonchev–Trinajstić information content (AvgIpc) is 3.52. The minimum Gasteiger partial charge on any atom is -0.378 e. The summed E-state index contributed by atoms with van der Waals surface area (Å²) in [4.78, 5) is 16.0. The molecule has 0 saturated heterocycles. The molecule has 3 N–H and O–H groups in total. The predicted octanol–water partition coefficient (Wildman–Crippen LogP) is 5.90. The zero-order valence-electron chi connectivity index (χ0n) is 20.9. The van der Waals surface area contributed by atoms with Crippen LogP contribution in [0.1, 0.15) is 23.9 Å². The molecule has 0 radical (unpaired) electrons. The average molecular weight is 636 g/mol. The van der Waals surface area contributed by atoms with E-state index in [0.717, 1.165) is 39.2 Å². The molecule has 0 fully saturated rings. The van der Waals surface area contributed by atoms with Crippen LogP contribution in [-0.4, -0.2) is 37.1 Å². The first-order chi connectivity index (χ1) is 18.5. The summed E-state index contributed by atoms with van der Waals surface area (Å²) >= 11 is 3.65. The number of aryl methyl sites for hydroxylation is 1. The number of benzene rings is 3. The van der Waals surface area contributed by atoms with Gasteiger partial charge < -0.3 is 10.3 Å². The lowest BCUT2D eigenvalue weighted by atomic mass is 10.2. The third-order valence-corrected chi connectivity index (χ3v) is 7.70. The molecule has 5 rings (SSSR count). The topological polar surface area (TPSA) is 100.0 Å². The summed E-state index contributed by atoms with van der Waals surface area (Å²) in [5.41, 5.74) is 7.72. The minimum absolute atomic E-state index is 0.220. The van der Waals surface area contributed by atoms with Crippen LogP contribution in [-0.2, 0) is 11.3 Å². The number of nitrogens with one attached hydrogen (secondary N) is 3. The van der Waals surface area contributed by atoms with E-state index in [2.05, 4.69) is 78.7 Å². The summed E-state index contributed by atoms with van der Waals surface area (Å²) < 4.78 is 3.17. The molecule has 0 bridgehead atoms. The number of amides is 1. The van der Waals surface area contributed by atoms with Gasteiger partial charge >= 0.3 is 0 Å². The van der Waals surface area contributed by atoms with Crippen molar-refractivity contribution in [1.29, 1.82) is 0 Å². The highest BCUT2D eigenvalue weighted by Crippen LogP contribution is 2.27. The van der Waals surface area contributed by atoms with Crippen molar-refractivity contribution in [3.05, 3.63) is 99.5 Å². The fraction of sp³-hybridized carbons (Fsp3) is 0.143. The summed E-state index contributed by atoms with van der Waals surface area (Å²) in [6, 6.07) is 24.1. The van der Waals surface area contributed by atoms with Gasteiger partial charge in [-0.1, -0.05) is 48.2 Å². The van der Waals surface area contributed by atoms with Gasteiger partial charge in [-0.05, 0) is 78.4 Å². The van der Waals surface area contributed by atoms with Crippen molar-refractivity contribution < 1.29 is 4.79 Å². The van der Waals surface area contributed by atoms with E-state index in [1.54, 1.807) is 6.21 Å². The van der Waals surface area contributed by atoms with Crippen LogP contribution in [0.3, 0.4) is 0 Å². The highest BCUT2D eigenvalue weighted by atomic mass is 127. The van der Waals surface area contributed by atoms with E-state index in [-0.39, 0.29) is 5.91 Å². The summed E-state index contributed by atoms with van der Waals surface area (Å²) in [6.07, 6.45) is 3.52. The molecule has 10 heteroatoms. The molecular weight excluding hydrogens is 609 g/mol. The number of carbonyl (C=O) groups excluding carboxylic acids is 1. The molecule has 3 aromatic carbocycles. The Kier molecular flexibility index (Phi) is 8.08. The number of para-hydroxylation sites is 2. The molecule has 0 spiro atoms. The van der Waals surface area contributed by atoms with Gasteiger partial charge in [0.15, 0.2) is 11.0 Å². The lowest BCUT2D eigenvalue weighted by molar-refractivity contribution is -0.120. The zero-order valence-corrected chi connectivity index (χ0v) is 23.8. The molecule has 2 aromatic heterocycles. The van der Waals surface area contributed by atoms with E-state index < -0.39 is 5.25 Å². The first kappa shape index (κ1) is 26.0. The van der Waals surface area contributed by atoms with Crippen LogP contribution in [0, 0.1) is 10.5 Å². The lowest BCUT2D eigenvalue weighted by Gasteiger charge is -2.14. The van der Waals surface area contributed by atoms with Gasteiger partial charge in [-0.15, -0.1) is 10.2 Å². The van der Waals surface area contributed by atoms with Crippen molar-refractivity contribution in [3.63, 3.8) is 0 Å². The fourth-order valence-electron chi connectivity index (χ4n) is 4.00. The quantitative estimate of drug-likeness (QED) is 0.0811. The second-order valence-corrected chi connectivity index (χ2v) is 11.2. The molecular formula is C28H26IN7OS. The number of hydrogen-bond donors (Lipinski definition) is 3. The molecule has 0 saturated carbocycles. The predicted molar refractivity (Wildman–Crippen MR) is 162 cm³/mol. The first-order valence-corrected chi connectivity index (χ1v) is 14.0. The van der Waals surface area contributed by atoms with Crippen molar-refractivity contribution >= 4 is 63.1 Å². The van der Waals surface area contributed by atoms with Crippen molar-refractivity contribution in [1.82, 2.24) is 25.2 Å². The molecule has 0 aliphatic heterocycles. The molecule has 1 atom stereocenters. The fourth-order valence-corrected chi connectivity index (χ4v) is 5.52. The highest BCUT2D eigenvalue weighted by Gasteiger charge is 2.21. The maximum atomic E-state index is 12.8. The molecule has 0 aliphatic carbocycles. The van der Waals surface area contributed by atoms with Crippen molar-refractivity contribution in [2.24, 2.45) is 5.10 Å². The third-order valence-electron chi connectivity index (χ3n) is 5.99. The van der Waals surface area contributed by atoms with E-state index in [0.29, 0.717) is 11.7 Å². The maximum Gasteiger partial charge on any atom is 0.253 e. The Balaban J connectivity index is 1.30. The Morgan fingerprint density at radius 3 is 2.74 bits per heavy atom. The number of carbonyl (C=O) groups is 1. The Hall–Kier alpha value is -3.64. The monoisotopic (exact) mass is 635 g/mol. The summed E-state index contributed by atoms with van der Waals surface area (Å²) in [7, 11) is 0. The SMILES string of the molecule is Cc1cc(I)ccc1NCc1nnc(S[C@H](C)C(=O)NN=Cc2c[nH]c3ccccc23)n1-c1ccccc1. The van der Waals surface area contributed by atoms with Gasteiger partial charge in [0, 0.05) is 37.6 Å². The van der Waals surface area contributed by atoms with Gasteiger partial charge in [-0.2, -0.15) is 5.10 Å². The Morgan fingerprint density at radius 1 is 1.13 bits per heavy atom. The van der Waals surface area contributed by atoms with E-state index in [9.17, 15) is 4.79 Å². The van der Waals surface area contributed by atoms with Crippen molar-refractivity contribution in [3.8, 4) is 5.69 Å². The van der Waals surface area contributed by atoms with E-state index >= 15 is 0 Å². The van der Waals surface area contributed by atoms with Crippen LogP contribution in [0.2, 0.25) is 0 Å². The molecule has 38 heavy (non-hydrogen) atoms. The van der Waals surface area contributed by atoms with Crippen LogP contribution < -0.4 is 10.7 Å². The number of thioether (sulfide) groups is 1. The van der Waals surface area contributed by atoms with E-state index in [1.165, 1.54) is 15.3 Å². The molecule has 1 amide bonds. The van der Waals surface area contributed by atoms with Gasteiger partial charge in [0.25, 0.3) is 5.91 Å². The van der Waals surface area contributed by atoms with E-state index in [1.807, 2.05) is 72.3 Å². The Morgan fingerprint density at radius 2 is 1.92 bits per heavy atom. The van der Waals surface area contributed by atoms with Gasteiger partial charge in [0.05, 0.1) is 18.0 Å². The number of H-pyrrole nitrogens is 1. The molecule has 0 unspecified atom stereocenters. The second kappa shape index (κ2) is 11.8. The number of aromatic nitrogens is 4. The Labute approximate surface area is 238 Å². The zero-order chi connectivity index (χ0) is 26.5. The van der Waals surface area contributed by atoms with Crippen LogP contribution >= 0.6 is 34.4 Å².